The summed E-state index contributed by atoms with van der Waals surface area (Å²) in [4.78, 5) is 27.9. The van der Waals surface area contributed by atoms with Gasteiger partial charge < -0.3 is 14.3 Å². The first-order valence-corrected chi connectivity index (χ1v) is 7.82. The monoisotopic (exact) mass is 306 g/mol. The molecule has 2 aliphatic rings. The second kappa shape index (κ2) is 5.98. The number of anilines is 1. The van der Waals surface area contributed by atoms with E-state index in [0.29, 0.717) is 24.9 Å². The van der Waals surface area contributed by atoms with E-state index < -0.39 is 0 Å². The highest BCUT2D eigenvalue weighted by atomic mass is 16.5. The fraction of sp³-hybridized carbons (Fsp3) is 0.667. The minimum atomic E-state index is -0.168. The predicted molar refractivity (Wildman–Crippen MR) is 80.4 cm³/mol. The average Bonchev–Trinajstić information content (AvgIpc) is 3.07. The number of nitrogens with zero attached hydrogens (tertiary/aromatic N) is 3. The van der Waals surface area contributed by atoms with Crippen molar-refractivity contribution in [2.24, 2.45) is 0 Å². The molecule has 3 rings (SSSR count). The minimum absolute atomic E-state index is 0.0803. The molecule has 7 nitrogen and oxygen atoms in total. The van der Waals surface area contributed by atoms with E-state index in [4.69, 9.17) is 4.52 Å². The van der Waals surface area contributed by atoms with E-state index in [0.717, 1.165) is 31.2 Å². The maximum atomic E-state index is 12.4. The van der Waals surface area contributed by atoms with Gasteiger partial charge >= 0.3 is 6.03 Å². The Morgan fingerprint density at radius 1 is 1.45 bits per heavy atom. The van der Waals surface area contributed by atoms with Gasteiger partial charge in [0.25, 0.3) is 0 Å². The third kappa shape index (κ3) is 3.08. The lowest BCUT2D eigenvalue weighted by Crippen LogP contribution is -2.46. The van der Waals surface area contributed by atoms with Crippen molar-refractivity contribution in [2.45, 2.75) is 51.6 Å². The Bertz CT molecular complexity index is 567. The van der Waals surface area contributed by atoms with Gasteiger partial charge in [-0.3, -0.25) is 10.1 Å². The number of rotatable bonds is 4. The van der Waals surface area contributed by atoms with E-state index >= 15 is 0 Å². The van der Waals surface area contributed by atoms with Crippen LogP contribution in [0.25, 0.3) is 0 Å². The number of aryl methyl sites for hydroxylation is 1. The van der Waals surface area contributed by atoms with Crippen LogP contribution in [0.3, 0.4) is 0 Å². The lowest BCUT2D eigenvalue weighted by molar-refractivity contribution is -0.130. The third-order valence-corrected chi connectivity index (χ3v) is 4.41. The number of hydrogen-bond donors (Lipinski definition) is 1. The van der Waals surface area contributed by atoms with Crippen molar-refractivity contribution in [2.75, 3.05) is 18.4 Å². The van der Waals surface area contributed by atoms with Gasteiger partial charge in [-0.25, -0.2) is 4.79 Å². The van der Waals surface area contributed by atoms with Crippen LogP contribution in [-0.2, 0) is 4.79 Å². The molecule has 7 heteroatoms. The minimum Gasteiger partial charge on any atom is -0.362 e. The Labute approximate surface area is 129 Å². The van der Waals surface area contributed by atoms with Gasteiger partial charge in [-0.1, -0.05) is 5.16 Å². The second-order valence-corrected chi connectivity index (χ2v) is 6.17. The van der Waals surface area contributed by atoms with Gasteiger partial charge in [0.05, 0.1) is 6.04 Å². The van der Waals surface area contributed by atoms with Crippen LogP contribution in [0.2, 0.25) is 0 Å². The summed E-state index contributed by atoms with van der Waals surface area (Å²) in [7, 11) is 0. The number of urea groups is 1. The highest BCUT2D eigenvalue weighted by Gasteiger charge is 2.36. The van der Waals surface area contributed by atoms with Crippen LogP contribution >= 0.6 is 0 Å². The summed E-state index contributed by atoms with van der Waals surface area (Å²) < 4.78 is 4.84. The number of likely N-dealkylation sites (tertiary alicyclic amines) is 1. The molecule has 1 aliphatic heterocycles. The second-order valence-electron chi connectivity index (χ2n) is 6.17. The molecule has 1 saturated heterocycles. The van der Waals surface area contributed by atoms with Gasteiger partial charge in [-0.15, -0.1) is 0 Å². The van der Waals surface area contributed by atoms with Gasteiger partial charge in [-0.05, 0) is 32.6 Å². The summed E-state index contributed by atoms with van der Waals surface area (Å²) in [5, 5.41) is 6.57. The molecule has 0 spiro atoms. The molecule has 0 unspecified atom stereocenters. The van der Waals surface area contributed by atoms with Gasteiger partial charge in [0.1, 0.15) is 6.26 Å². The molecule has 0 aromatic carbocycles. The van der Waals surface area contributed by atoms with Crippen LogP contribution in [0.4, 0.5) is 10.6 Å². The Kier molecular flexibility index (Phi) is 4.04. The summed E-state index contributed by atoms with van der Waals surface area (Å²) in [6, 6.07) is 0.288. The first kappa shape index (κ1) is 14.9. The Balaban J connectivity index is 1.63. The molecule has 22 heavy (non-hydrogen) atoms. The number of nitrogens with one attached hydrogen (secondary N) is 1. The number of carbonyl (C=O) groups is 2. The Hall–Kier alpha value is -2.05. The van der Waals surface area contributed by atoms with E-state index in [9.17, 15) is 9.59 Å². The molecule has 3 amide bonds. The zero-order valence-electron chi connectivity index (χ0n) is 13.0. The van der Waals surface area contributed by atoms with E-state index in [1.165, 1.54) is 6.26 Å². The molecule has 2 fully saturated rings. The lowest BCUT2D eigenvalue weighted by atomic mass is 10.2. The molecule has 1 aromatic heterocycles. The third-order valence-electron chi connectivity index (χ3n) is 4.41. The quantitative estimate of drug-likeness (QED) is 0.922. The summed E-state index contributed by atoms with van der Waals surface area (Å²) >= 11 is 0. The summed E-state index contributed by atoms with van der Waals surface area (Å²) in [5.74, 6) is 0.559. The molecule has 1 aliphatic carbocycles. The fourth-order valence-electron chi connectivity index (χ4n) is 3.02. The number of carbonyl (C=O) groups excluding carboxylic acids is 2. The van der Waals surface area contributed by atoms with Gasteiger partial charge in [-0.2, -0.15) is 0 Å². The maximum absolute atomic E-state index is 12.4. The van der Waals surface area contributed by atoms with Gasteiger partial charge in [0, 0.05) is 31.6 Å². The first-order chi connectivity index (χ1) is 10.6. The fourth-order valence-corrected chi connectivity index (χ4v) is 3.02. The van der Waals surface area contributed by atoms with Crippen molar-refractivity contribution < 1.29 is 14.1 Å². The zero-order chi connectivity index (χ0) is 15.7. The van der Waals surface area contributed by atoms with Crippen molar-refractivity contribution in [3.8, 4) is 0 Å². The van der Waals surface area contributed by atoms with E-state index in [1.54, 1.807) is 6.92 Å². The molecule has 1 aromatic rings. The van der Waals surface area contributed by atoms with Gasteiger partial charge in [0.15, 0.2) is 5.82 Å². The summed E-state index contributed by atoms with van der Waals surface area (Å²) in [6.07, 6.45) is 5.56. The standard InChI is InChI=1S/C15H22N4O3/c1-10-9-22-17-14(10)16-15(21)18-7-3-4-13(18)8-19(11(2)20)12-5-6-12/h9,12-13H,3-8H2,1-2H3,(H,16,17,21)/t13-/m0/s1. The maximum Gasteiger partial charge on any atom is 0.323 e. The topological polar surface area (TPSA) is 78.7 Å². The van der Waals surface area contributed by atoms with E-state index in [1.807, 2.05) is 16.7 Å². The number of aromatic nitrogens is 1. The Morgan fingerprint density at radius 2 is 2.23 bits per heavy atom. The highest BCUT2D eigenvalue weighted by Crippen LogP contribution is 2.29. The molecule has 120 valence electrons. The smallest absolute Gasteiger partial charge is 0.323 e. The lowest BCUT2D eigenvalue weighted by Gasteiger charge is -2.30. The van der Waals surface area contributed by atoms with Crippen molar-refractivity contribution in [3.05, 3.63) is 11.8 Å². The molecular formula is C15H22N4O3. The summed E-state index contributed by atoms with van der Waals surface area (Å²) in [6.45, 7) is 4.78. The molecule has 1 atom stereocenters. The van der Waals surface area contributed by atoms with Crippen molar-refractivity contribution >= 4 is 17.8 Å². The first-order valence-electron chi connectivity index (χ1n) is 7.82. The molecule has 0 radical (unpaired) electrons. The number of amides is 3. The van der Waals surface area contributed by atoms with Crippen LogP contribution in [0, 0.1) is 6.92 Å². The van der Waals surface area contributed by atoms with Crippen LogP contribution < -0.4 is 5.32 Å². The van der Waals surface area contributed by atoms with E-state index in [-0.39, 0.29) is 18.0 Å². The average molecular weight is 306 g/mol. The van der Waals surface area contributed by atoms with Crippen LogP contribution in [0.1, 0.15) is 38.2 Å². The Morgan fingerprint density at radius 3 is 2.82 bits per heavy atom. The van der Waals surface area contributed by atoms with Crippen molar-refractivity contribution in [1.29, 1.82) is 0 Å². The normalized spacial score (nSPS) is 21.0. The molecule has 1 N–H and O–H groups in total. The highest BCUT2D eigenvalue weighted by molar-refractivity contribution is 5.89. The molecule has 1 saturated carbocycles. The summed E-state index contributed by atoms with van der Waals surface area (Å²) in [5.41, 5.74) is 0.799. The van der Waals surface area contributed by atoms with Gasteiger partial charge in [0.2, 0.25) is 5.91 Å². The van der Waals surface area contributed by atoms with Crippen molar-refractivity contribution in [1.82, 2.24) is 15.0 Å². The van der Waals surface area contributed by atoms with Crippen molar-refractivity contribution in [3.63, 3.8) is 0 Å². The largest absolute Gasteiger partial charge is 0.362 e. The SMILES string of the molecule is CC(=O)N(C[C@@H]1CCCN1C(=O)Nc1nocc1C)C1CC1. The van der Waals surface area contributed by atoms with Crippen LogP contribution in [-0.4, -0.2) is 52.1 Å². The number of hydrogen-bond acceptors (Lipinski definition) is 4. The predicted octanol–water partition coefficient (Wildman–Crippen LogP) is 1.99. The molecule has 0 bridgehead atoms. The van der Waals surface area contributed by atoms with Crippen LogP contribution in [0.15, 0.2) is 10.8 Å². The molecular weight excluding hydrogens is 284 g/mol. The van der Waals surface area contributed by atoms with Crippen LogP contribution in [0.5, 0.6) is 0 Å². The molecule has 2 heterocycles. The van der Waals surface area contributed by atoms with E-state index in [2.05, 4.69) is 10.5 Å². The zero-order valence-corrected chi connectivity index (χ0v) is 13.0.